The maximum absolute atomic E-state index is 12.4. The number of carbonyl (C=O) groups excluding carboxylic acids is 1. The predicted molar refractivity (Wildman–Crippen MR) is 102 cm³/mol. The second-order valence-corrected chi connectivity index (χ2v) is 7.15. The molecule has 3 aromatic rings. The highest BCUT2D eigenvalue weighted by atomic mass is 35.5. The van der Waals surface area contributed by atoms with Crippen LogP contribution in [-0.4, -0.2) is 38.4 Å². The van der Waals surface area contributed by atoms with Gasteiger partial charge in [-0.15, -0.1) is 10.2 Å². The van der Waals surface area contributed by atoms with Gasteiger partial charge < -0.3 is 10.1 Å². The van der Waals surface area contributed by atoms with Crippen molar-refractivity contribution in [3.8, 4) is 5.75 Å². The van der Waals surface area contributed by atoms with Gasteiger partial charge in [0.05, 0.1) is 18.6 Å². The van der Waals surface area contributed by atoms with Gasteiger partial charge in [0.25, 0.3) is 5.78 Å². The summed E-state index contributed by atoms with van der Waals surface area (Å²) >= 11 is 7.39. The molecular formula is C17H18ClN5O2S. The number of hydrogen-bond acceptors (Lipinski definition) is 6. The maximum atomic E-state index is 12.4. The Kier molecular flexibility index (Phi) is 5.33. The van der Waals surface area contributed by atoms with Crippen LogP contribution < -0.4 is 10.1 Å². The van der Waals surface area contributed by atoms with Gasteiger partial charge in [0.1, 0.15) is 5.75 Å². The van der Waals surface area contributed by atoms with E-state index in [9.17, 15) is 4.79 Å². The number of aryl methyl sites for hydroxylation is 3. The zero-order valence-electron chi connectivity index (χ0n) is 14.8. The zero-order chi connectivity index (χ0) is 18.8. The molecule has 0 aliphatic carbocycles. The Hall–Kier alpha value is -2.32. The van der Waals surface area contributed by atoms with Crippen LogP contribution in [-0.2, 0) is 4.79 Å². The molecule has 26 heavy (non-hydrogen) atoms. The first-order valence-corrected chi connectivity index (χ1v) is 9.21. The number of halogens is 1. The third-order valence-electron chi connectivity index (χ3n) is 3.75. The van der Waals surface area contributed by atoms with Crippen LogP contribution in [0.5, 0.6) is 5.75 Å². The minimum atomic E-state index is -0.176. The third kappa shape index (κ3) is 3.76. The molecule has 0 atom stereocenters. The minimum Gasteiger partial charge on any atom is -0.495 e. The number of methoxy groups -OCH3 is 1. The van der Waals surface area contributed by atoms with Gasteiger partial charge >= 0.3 is 0 Å². The van der Waals surface area contributed by atoms with Crippen LogP contribution in [0.1, 0.15) is 17.0 Å². The lowest BCUT2D eigenvalue weighted by Gasteiger charge is -2.12. The highest BCUT2D eigenvalue weighted by Crippen LogP contribution is 2.31. The van der Waals surface area contributed by atoms with Gasteiger partial charge in [-0.25, -0.2) is 4.98 Å². The molecule has 7 nitrogen and oxygen atoms in total. The molecule has 1 N–H and O–H groups in total. The minimum absolute atomic E-state index is 0.176. The molecule has 2 aromatic heterocycles. The highest BCUT2D eigenvalue weighted by molar-refractivity contribution is 7.99. The first kappa shape index (κ1) is 18.5. The van der Waals surface area contributed by atoms with Crippen LogP contribution in [0.4, 0.5) is 5.69 Å². The van der Waals surface area contributed by atoms with Crippen molar-refractivity contribution in [3.05, 3.63) is 40.2 Å². The summed E-state index contributed by atoms with van der Waals surface area (Å²) in [5.41, 5.74) is 3.29. The molecule has 0 spiro atoms. The number of rotatable bonds is 5. The first-order valence-electron chi connectivity index (χ1n) is 7.85. The number of aromatic nitrogens is 4. The number of ether oxygens (including phenoxy) is 1. The molecule has 0 saturated heterocycles. The SMILES string of the molecule is COc1cc(Cl)c(C)cc1NC(=O)CSc1nnc2nc(C)cc(C)n12. The smallest absolute Gasteiger partial charge is 0.256 e. The highest BCUT2D eigenvalue weighted by Gasteiger charge is 2.14. The van der Waals surface area contributed by atoms with Crippen molar-refractivity contribution < 1.29 is 9.53 Å². The topological polar surface area (TPSA) is 81.4 Å². The van der Waals surface area contributed by atoms with Gasteiger partial charge in [-0.1, -0.05) is 23.4 Å². The van der Waals surface area contributed by atoms with Crippen LogP contribution in [0.2, 0.25) is 5.02 Å². The van der Waals surface area contributed by atoms with E-state index in [0.29, 0.717) is 27.4 Å². The predicted octanol–water partition coefficient (Wildman–Crippen LogP) is 3.44. The molecule has 1 amide bonds. The fourth-order valence-corrected chi connectivity index (χ4v) is 3.48. The Labute approximate surface area is 160 Å². The zero-order valence-corrected chi connectivity index (χ0v) is 16.4. The van der Waals surface area contributed by atoms with Gasteiger partial charge in [-0.3, -0.25) is 9.20 Å². The number of thioether (sulfide) groups is 1. The number of benzene rings is 1. The molecule has 0 unspecified atom stereocenters. The number of nitrogens with zero attached hydrogens (tertiary/aromatic N) is 4. The summed E-state index contributed by atoms with van der Waals surface area (Å²) in [4.78, 5) is 16.7. The number of nitrogens with one attached hydrogen (secondary N) is 1. The van der Waals surface area contributed by atoms with E-state index in [0.717, 1.165) is 17.0 Å². The van der Waals surface area contributed by atoms with Crippen LogP contribution in [0.25, 0.3) is 5.78 Å². The molecule has 2 heterocycles. The fraction of sp³-hybridized carbons (Fsp3) is 0.294. The standard InChI is InChI=1S/C17H18ClN5O2S/c1-9-5-13(14(25-4)7-12(9)18)20-15(24)8-26-17-22-21-16-19-10(2)6-11(3)23(16)17/h5-7H,8H2,1-4H3,(H,20,24). The van der Waals surface area contributed by atoms with Crippen LogP contribution in [0.3, 0.4) is 0 Å². The van der Waals surface area contributed by atoms with Crippen molar-refractivity contribution in [1.82, 2.24) is 19.6 Å². The Morgan fingerprint density at radius 1 is 1.27 bits per heavy atom. The average Bonchev–Trinajstić information content (AvgIpc) is 2.99. The molecule has 3 rings (SSSR count). The number of anilines is 1. The average molecular weight is 392 g/mol. The van der Waals surface area contributed by atoms with Crippen molar-refractivity contribution in [2.45, 2.75) is 25.9 Å². The van der Waals surface area contributed by atoms with Gasteiger partial charge in [0.2, 0.25) is 5.91 Å². The fourth-order valence-electron chi connectivity index (χ4n) is 2.54. The molecule has 1 aromatic carbocycles. The second-order valence-electron chi connectivity index (χ2n) is 5.80. The first-order chi connectivity index (χ1) is 12.4. The molecule has 0 bridgehead atoms. The van der Waals surface area contributed by atoms with Crippen LogP contribution in [0, 0.1) is 20.8 Å². The summed E-state index contributed by atoms with van der Waals surface area (Å²) in [7, 11) is 1.53. The number of carbonyl (C=O) groups is 1. The molecule has 0 saturated carbocycles. The van der Waals surface area contributed by atoms with E-state index in [1.807, 2.05) is 31.2 Å². The normalized spacial score (nSPS) is 11.0. The number of hydrogen-bond donors (Lipinski definition) is 1. The van der Waals surface area contributed by atoms with E-state index in [1.165, 1.54) is 18.9 Å². The van der Waals surface area contributed by atoms with E-state index in [-0.39, 0.29) is 11.7 Å². The Bertz CT molecular complexity index is 989. The van der Waals surface area contributed by atoms with Crippen molar-refractivity contribution in [1.29, 1.82) is 0 Å². The lowest BCUT2D eigenvalue weighted by molar-refractivity contribution is -0.113. The molecule has 0 fully saturated rings. The lowest BCUT2D eigenvalue weighted by atomic mass is 10.2. The summed E-state index contributed by atoms with van der Waals surface area (Å²) in [6.45, 7) is 5.73. The summed E-state index contributed by atoms with van der Waals surface area (Å²) in [5.74, 6) is 1.05. The summed E-state index contributed by atoms with van der Waals surface area (Å²) in [6, 6.07) is 5.41. The third-order valence-corrected chi connectivity index (χ3v) is 5.09. The van der Waals surface area contributed by atoms with Crippen molar-refractivity contribution >= 4 is 40.7 Å². The van der Waals surface area contributed by atoms with Gasteiger partial charge in [-0.05, 0) is 38.5 Å². The molecule has 9 heteroatoms. The van der Waals surface area contributed by atoms with Crippen LogP contribution >= 0.6 is 23.4 Å². The molecule has 136 valence electrons. The Morgan fingerprint density at radius 3 is 2.77 bits per heavy atom. The van der Waals surface area contributed by atoms with E-state index >= 15 is 0 Å². The maximum Gasteiger partial charge on any atom is 0.256 e. The van der Waals surface area contributed by atoms with Crippen molar-refractivity contribution in [2.24, 2.45) is 0 Å². The monoisotopic (exact) mass is 391 g/mol. The summed E-state index contributed by atoms with van der Waals surface area (Å²) in [5, 5.41) is 12.2. The van der Waals surface area contributed by atoms with Gasteiger partial charge in [0.15, 0.2) is 5.16 Å². The molecule has 0 radical (unpaired) electrons. The van der Waals surface area contributed by atoms with Gasteiger partial charge in [-0.2, -0.15) is 0 Å². The number of amides is 1. The summed E-state index contributed by atoms with van der Waals surface area (Å²) < 4.78 is 7.11. The van der Waals surface area contributed by atoms with Gasteiger partial charge in [0, 0.05) is 22.5 Å². The van der Waals surface area contributed by atoms with E-state index in [1.54, 1.807) is 12.1 Å². The van der Waals surface area contributed by atoms with Crippen molar-refractivity contribution in [3.63, 3.8) is 0 Å². The summed E-state index contributed by atoms with van der Waals surface area (Å²) in [6.07, 6.45) is 0. The van der Waals surface area contributed by atoms with E-state index < -0.39 is 0 Å². The Morgan fingerprint density at radius 2 is 2.04 bits per heavy atom. The molecule has 0 aliphatic rings. The van der Waals surface area contributed by atoms with Crippen molar-refractivity contribution in [2.75, 3.05) is 18.2 Å². The van der Waals surface area contributed by atoms with E-state index in [4.69, 9.17) is 16.3 Å². The van der Waals surface area contributed by atoms with E-state index in [2.05, 4.69) is 20.5 Å². The largest absolute Gasteiger partial charge is 0.495 e. The second kappa shape index (κ2) is 7.51. The quantitative estimate of drug-likeness (QED) is 0.671. The molecular weight excluding hydrogens is 374 g/mol. The number of fused-ring (bicyclic) bond motifs is 1. The lowest BCUT2D eigenvalue weighted by Crippen LogP contribution is -2.15. The molecule has 0 aliphatic heterocycles. The van der Waals surface area contributed by atoms with Crippen LogP contribution in [0.15, 0.2) is 23.4 Å². The Balaban J connectivity index is 1.73.